The molecule has 5 nitrogen and oxygen atoms in total. The van der Waals surface area contributed by atoms with Crippen LogP contribution in [-0.2, 0) is 21.2 Å². The van der Waals surface area contributed by atoms with Crippen molar-refractivity contribution in [2.24, 2.45) is 17.8 Å². The van der Waals surface area contributed by atoms with Crippen LogP contribution >= 0.6 is 0 Å². The van der Waals surface area contributed by atoms with Crippen molar-refractivity contribution in [1.82, 2.24) is 4.72 Å². The van der Waals surface area contributed by atoms with Crippen LogP contribution in [-0.4, -0.2) is 27.9 Å². The summed E-state index contributed by atoms with van der Waals surface area (Å²) in [6, 6.07) is 5.08. The first kappa shape index (κ1) is 15.1. The molecular weight excluding hydrogens is 312 g/mol. The second-order valence-electron chi connectivity index (χ2n) is 6.88. The van der Waals surface area contributed by atoms with Gasteiger partial charge < -0.3 is 4.90 Å². The predicted molar refractivity (Wildman–Crippen MR) is 87.7 cm³/mol. The summed E-state index contributed by atoms with van der Waals surface area (Å²) in [6.45, 7) is 0.674. The quantitative estimate of drug-likeness (QED) is 0.918. The maximum absolute atomic E-state index is 12.9. The number of nitrogens with zero attached hydrogens (tertiary/aromatic N) is 1. The third-order valence-electron chi connectivity index (χ3n) is 5.73. The number of benzene rings is 1. The van der Waals surface area contributed by atoms with Gasteiger partial charge in [-0.3, -0.25) is 4.79 Å². The Balaban J connectivity index is 1.58. The molecule has 2 saturated carbocycles. The molecule has 0 spiro atoms. The van der Waals surface area contributed by atoms with Crippen LogP contribution in [0.1, 0.15) is 31.2 Å². The maximum Gasteiger partial charge on any atom is 0.240 e. The number of rotatable bonds is 3. The van der Waals surface area contributed by atoms with Crippen molar-refractivity contribution < 1.29 is 13.2 Å². The lowest BCUT2D eigenvalue weighted by molar-refractivity contribution is -0.120. The number of carbonyl (C=O) groups is 1. The summed E-state index contributed by atoms with van der Waals surface area (Å²) in [7, 11) is -2.02. The van der Waals surface area contributed by atoms with Crippen LogP contribution in [0.3, 0.4) is 0 Å². The van der Waals surface area contributed by atoms with E-state index in [0.29, 0.717) is 18.4 Å². The second kappa shape index (κ2) is 5.31. The SMILES string of the molecule is CNS(=O)(=O)c1ccc2c(c1)CCN2C(=O)C1[C@@H]2CCCC[C@@H]12. The van der Waals surface area contributed by atoms with E-state index in [0.717, 1.165) is 17.7 Å². The molecule has 1 amide bonds. The van der Waals surface area contributed by atoms with Gasteiger partial charge >= 0.3 is 0 Å². The molecule has 1 aromatic carbocycles. The molecule has 0 aromatic heterocycles. The molecule has 6 heteroatoms. The van der Waals surface area contributed by atoms with Crippen molar-refractivity contribution in [2.75, 3.05) is 18.5 Å². The van der Waals surface area contributed by atoms with Crippen LogP contribution < -0.4 is 9.62 Å². The van der Waals surface area contributed by atoms with Crippen LogP contribution in [0.5, 0.6) is 0 Å². The van der Waals surface area contributed by atoms with E-state index in [4.69, 9.17) is 0 Å². The van der Waals surface area contributed by atoms with Gasteiger partial charge in [-0.2, -0.15) is 0 Å². The molecule has 2 fully saturated rings. The Bertz CT molecular complexity index is 747. The van der Waals surface area contributed by atoms with Gasteiger partial charge in [-0.1, -0.05) is 12.8 Å². The Morgan fingerprint density at radius 1 is 1.22 bits per heavy atom. The highest BCUT2D eigenvalue weighted by Crippen LogP contribution is 2.56. The molecule has 2 aliphatic carbocycles. The second-order valence-corrected chi connectivity index (χ2v) is 8.76. The summed E-state index contributed by atoms with van der Waals surface area (Å²) < 4.78 is 26.2. The molecule has 124 valence electrons. The monoisotopic (exact) mass is 334 g/mol. The summed E-state index contributed by atoms with van der Waals surface area (Å²) in [5.74, 6) is 1.67. The molecule has 0 radical (unpaired) electrons. The first-order valence-electron chi connectivity index (χ1n) is 8.41. The highest BCUT2D eigenvalue weighted by Gasteiger charge is 2.56. The molecule has 0 unspecified atom stereocenters. The molecule has 1 heterocycles. The topological polar surface area (TPSA) is 66.5 Å². The van der Waals surface area contributed by atoms with Gasteiger partial charge in [-0.15, -0.1) is 0 Å². The number of carbonyl (C=O) groups excluding carboxylic acids is 1. The zero-order valence-electron chi connectivity index (χ0n) is 13.3. The maximum atomic E-state index is 12.9. The van der Waals surface area contributed by atoms with Crippen LogP contribution in [0.25, 0.3) is 0 Å². The summed E-state index contributed by atoms with van der Waals surface area (Å²) >= 11 is 0. The van der Waals surface area contributed by atoms with E-state index >= 15 is 0 Å². The number of fused-ring (bicyclic) bond motifs is 2. The number of amides is 1. The lowest BCUT2D eigenvalue weighted by Gasteiger charge is -2.18. The summed E-state index contributed by atoms with van der Waals surface area (Å²) in [5.41, 5.74) is 1.85. The third kappa shape index (κ3) is 2.39. The van der Waals surface area contributed by atoms with Crippen molar-refractivity contribution in [1.29, 1.82) is 0 Å². The van der Waals surface area contributed by atoms with Crippen LogP contribution in [0, 0.1) is 17.8 Å². The average Bonchev–Trinajstić information content (AvgIpc) is 3.14. The Morgan fingerprint density at radius 2 is 1.91 bits per heavy atom. The number of hydrogen-bond acceptors (Lipinski definition) is 3. The van der Waals surface area contributed by atoms with E-state index in [-0.39, 0.29) is 16.7 Å². The van der Waals surface area contributed by atoms with Gasteiger partial charge in [0.25, 0.3) is 0 Å². The van der Waals surface area contributed by atoms with E-state index in [2.05, 4.69) is 4.72 Å². The Morgan fingerprint density at radius 3 is 2.57 bits per heavy atom. The fourth-order valence-corrected chi connectivity index (χ4v) is 5.21. The van der Waals surface area contributed by atoms with Crippen LogP contribution in [0.2, 0.25) is 0 Å². The van der Waals surface area contributed by atoms with Gasteiger partial charge in [-0.05, 0) is 61.9 Å². The van der Waals surface area contributed by atoms with Gasteiger partial charge in [0.1, 0.15) is 0 Å². The third-order valence-corrected chi connectivity index (χ3v) is 7.15. The van der Waals surface area contributed by atoms with Gasteiger partial charge in [0, 0.05) is 18.2 Å². The molecule has 1 aromatic rings. The summed E-state index contributed by atoms with van der Waals surface area (Å²) in [4.78, 5) is 15.0. The van der Waals surface area contributed by atoms with Gasteiger partial charge in [-0.25, -0.2) is 13.1 Å². The molecule has 1 N–H and O–H groups in total. The number of anilines is 1. The fourth-order valence-electron chi connectivity index (χ4n) is 4.43. The number of nitrogens with one attached hydrogen (secondary N) is 1. The van der Waals surface area contributed by atoms with Crippen molar-refractivity contribution in [2.45, 2.75) is 37.0 Å². The molecule has 23 heavy (non-hydrogen) atoms. The lowest BCUT2D eigenvalue weighted by Crippen LogP contribution is -2.31. The van der Waals surface area contributed by atoms with E-state index in [1.165, 1.54) is 32.7 Å². The molecular formula is C17H22N2O3S. The zero-order chi connectivity index (χ0) is 16.2. The first-order chi connectivity index (χ1) is 11.0. The van der Waals surface area contributed by atoms with E-state index < -0.39 is 10.0 Å². The van der Waals surface area contributed by atoms with Gasteiger partial charge in [0.15, 0.2) is 0 Å². The highest BCUT2D eigenvalue weighted by atomic mass is 32.2. The van der Waals surface area contributed by atoms with Crippen molar-refractivity contribution in [3.8, 4) is 0 Å². The first-order valence-corrected chi connectivity index (χ1v) is 9.89. The minimum absolute atomic E-state index is 0.212. The van der Waals surface area contributed by atoms with Gasteiger partial charge in [0.05, 0.1) is 4.90 Å². The molecule has 1 aliphatic heterocycles. The Hall–Kier alpha value is -1.40. The number of sulfonamides is 1. The van der Waals surface area contributed by atoms with E-state index in [1.807, 2.05) is 4.90 Å². The van der Waals surface area contributed by atoms with E-state index in [9.17, 15) is 13.2 Å². The van der Waals surface area contributed by atoms with Crippen molar-refractivity contribution in [3.63, 3.8) is 0 Å². The molecule has 0 bridgehead atoms. The highest BCUT2D eigenvalue weighted by molar-refractivity contribution is 7.89. The molecule has 2 atom stereocenters. The van der Waals surface area contributed by atoms with Gasteiger partial charge in [0.2, 0.25) is 15.9 Å². The normalized spacial score (nSPS) is 29.1. The predicted octanol–water partition coefficient (Wildman–Crippen LogP) is 1.92. The fraction of sp³-hybridized carbons (Fsp3) is 0.588. The number of hydrogen-bond donors (Lipinski definition) is 1. The lowest BCUT2D eigenvalue weighted by atomic mass is 10.0. The average molecular weight is 334 g/mol. The minimum Gasteiger partial charge on any atom is -0.312 e. The standard InChI is InChI=1S/C17H22N2O3S/c1-18-23(21,22)12-6-7-15-11(10-12)8-9-19(15)17(20)16-13-4-2-3-5-14(13)16/h6-7,10,13-14,16,18H,2-5,8-9H2,1H3/t13-,14-/m1/s1. The van der Waals surface area contributed by atoms with E-state index in [1.54, 1.807) is 18.2 Å². The summed E-state index contributed by atoms with van der Waals surface area (Å²) in [5, 5.41) is 0. The minimum atomic E-state index is -3.43. The van der Waals surface area contributed by atoms with Crippen LogP contribution in [0.15, 0.2) is 23.1 Å². The molecule has 3 aliphatic rings. The Labute approximate surface area is 137 Å². The zero-order valence-corrected chi connectivity index (χ0v) is 14.1. The molecule has 4 rings (SSSR count). The smallest absolute Gasteiger partial charge is 0.240 e. The van der Waals surface area contributed by atoms with Crippen LogP contribution in [0.4, 0.5) is 5.69 Å². The summed E-state index contributed by atoms with van der Waals surface area (Å²) in [6.07, 6.45) is 5.64. The van der Waals surface area contributed by atoms with Crippen molar-refractivity contribution in [3.05, 3.63) is 23.8 Å². The van der Waals surface area contributed by atoms with Crippen molar-refractivity contribution >= 4 is 21.6 Å². The molecule has 0 saturated heterocycles. The largest absolute Gasteiger partial charge is 0.312 e. The Kier molecular flexibility index (Phi) is 3.50.